The van der Waals surface area contributed by atoms with E-state index in [0.717, 1.165) is 28.8 Å². The lowest BCUT2D eigenvalue weighted by Crippen LogP contribution is -2.29. The van der Waals surface area contributed by atoms with Crippen molar-refractivity contribution in [1.82, 2.24) is 5.32 Å². The monoisotopic (exact) mass is 300 g/mol. The van der Waals surface area contributed by atoms with Crippen molar-refractivity contribution in [3.05, 3.63) is 65.0 Å². The molecule has 0 heterocycles. The molecule has 0 atom stereocenters. The predicted molar refractivity (Wildman–Crippen MR) is 87.5 cm³/mol. The van der Waals surface area contributed by atoms with Crippen molar-refractivity contribution in [2.75, 3.05) is 18.4 Å². The molecule has 0 fully saturated rings. The van der Waals surface area contributed by atoms with E-state index in [1.54, 1.807) is 12.1 Å². The number of amides is 1. The number of carbonyl (C=O) groups is 1. The fraction of sp³-hybridized carbons (Fsp3) is 0.278. The molecule has 0 bridgehead atoms. The predicted octanol–water partition coefficient (Wildman–Crippen LogP) is 3.21. The van der Waals surface area contributed by atoms with Crippen molar-refractivity contribution >= 4 is 11.6 Å². The van der Waals surface area contributed by atoms with E-state index < -0.39 is 0 Å². The topological polar surface area (TPSA) is 41.1 Å². The zero-order valence-corrected chi connectivity index (χ0v) is 12.9. The average Bonchev–Trinajstić information content (AvgIpc) is 2.49. The fourth-order valence-electron chi connectivity index (χ4n) is 2.15. The van der Waals surface area contributed by atoms with Crippen LogP contribution in [0.5, 0.6) is 0 Å². The molecule has 0 aliphatic carbocycles. The highest BCUT2D eigenvalue weighted by Gasteiger charge is 2.04. The van der Waals surface area contributed by atoms with Crippen LogP contribution in [0.15, 0.2) is 42.5 Å². The van der Waals surface area contributed by atoms with E-state index in [2.05, 4.69) is 10.6 Å². The first-order chi connectivity index (χ1) is 10.5. The first kappa shape index (κ1) is 16.2. The molecule has 0 aliphatic rings. The molecule has 2 N–H and O–H groups in total. The molecular weight excluding hydrogens is 279 g/mol. The van der Waals surface area contributed by atoms with E-state index >= 15 is 0 Å². The summed E-state index contributed by atoms with van der Waals surface area (Å²) >= 11 is 0. The molecule has 2 rings (SSSR count). The van der Waals surface area contributed by atoms with Gasteiger partial charge in [0, 0.05) is 5.69 Å². The van der Waals surface area contributed by atoms with E-state index in [-0.39, 0.29) is 18.3 Å². The molecule has 2 aromatic carbocycles. The van der Waals surface area contributed by atoms with Gasteiger partial charge in [-0.3, -0.25) is 4.79 Å². The Morgan fingerprint density at radius 1 is 1.09 bits per heavy atom. The molecule has 3 nitrogen and oxygen atoms in total. The Labute approximate surface area is 130 Å². The van der Waals surface area contributed by atoms with Gasteiger partial charge in [-0.15, -0.1) is 0 Å². The van der Waals surface area contributed by atoms with Gasteiger partial charge in [0.05, 0.1) is 6.54 Å². The van der Waals surface area contributed by atoms with Gasteiger partial charge in [-0.2, -0.15) is 0 Å². The number of halogens is 1. The maximum absolute atomic E-state index is 12.8. The normalized spacial score (nSPS) is 10.5. The van der Waals surface area contributed by atoms with Crippen LogP contribution >= 0.6 is 0 Å². The van der Waals surface area contributed by atoms with Gasteiger partial charge in [-0.25, -0.2) is 4.39 Å². The molecule has 0 saturated carbocycles. The summed E-state index contributed by atoms with van der Waals surface area (Å²) in [7, 11) is 0. The molecule has 0 saturated heterocycles. The second kappa shape index (κ2) is 7.71. The number of aryl methyl sites for hydroxylation is 2. The number of benzene rings is 2. The van der Waals surface area contributed by atoms with Gasteiger partial charge in [-0.05, 0) is 61.7 Å². The van der Waals surface area contributed by atoms with Gasteiger partial charge in [0.1, 0.15) is 5.82 Å². The molecule has 2 aromatic rings. The number of carbonyl (C=O) groups excluding carboxylic acids is 1. The van der Waals surface area contributed by atoms with Crippen LogP contribution in [-0.2, 0) is 11.2 Å². The van der Waals surface area contributed by atoms with Crippen LogP contribution in [0.4, 0.5) is 10.1 Å². The summed E-state index contributed by atoms with van der Waals surface area (Å²) in [6.07, 6.45) is 0.761. The van der Waals surface area contributed by atoms with Crippen molar-refractivity contribution in [2.45, 2.75) is 20.3 Å². The number of hydrogen-bond donors (Lipinski definition) is 2. The van der Waals surface area contributed by atoms with E-state index in [4.69, 9.17) is 0 Å². The quantitative estimate of drug-likeness (QED) is 0.804. The van der Waals surface area contributed by atoms with E-state index in [0.29, 0.717) is 6.54 Å². The van der Waals surface area contributed by atoms with Crippen molar-refractivity contribution in [1.29, 1.82) is 0 Å². The fourth-order valence-corrected chi connectivity index (χ4v) is 2.15. The summed E-state index contributed by atoms with van der Waals surface area (Å²) in [5, 5.41) is 6.00. The third-order valence-corrected chi connectivity index (χ3v) is 3.46. The highest BCUT2D eigenvalue weighted by atomic mass is 19.1. The SMILES string of the molecule is Cc1ccc(C)c(NC(=O)CNCCc2ccc(F)cc2)c1. The van der Waals surface area contributed by atoms with Gasteiger partial charge >= 0.3 is 0 Å². The Morgan fingerprint density at radius 2 is 1.82 bits per heavy atom. The number of anilines is 1. The Kier molecular flexibility index (Phi) is 5.67. The van der Waals surface area contributed by atoms with E-state index in [1.165, 1.54) is 12.1 Å². The van der Waals surface area contributed by atoms with Crippen LogP contribution in [0.3, 0.4) is 0 Å². The third kappa shape index (κ3) is 4.97. The van der Waals surface area contributed by atoms with Crippen molar-refractivity contribution in [3.8, 4) is 0 Å². The summed E-state index contributed by atoms with van der Waals surface area (Å²) in [6.45, 7) is 4.90. The summed E-state index contributed by atoms with van der Waals surface area (Å²) in [4.78, 5) is 11.9. The summed E-state index contributed by atoms with van der Waals surface area (Å²) in [5.41, 5.74) is 4.06. The lowest BCUT2D eigenvalue weighted by Gasteiger charge is -2.10. The summed E-state index contributed by atoms with van der Waals surface area (Å²) in [5.74, 6) is -0.294. The maximum atomic E-state index is 12.8. The molecule has 0 unspecified atom stereocenters. The average molecular weight is 300 g/mol. The smallest absolute Gasteiger partial charge is 0.238 e. The van der Waals surface area contributed by atoms with Crippen LogP contribution in [0, 0.1) is 19.7 Å². The van der Waals surface area contributed by atoms with Crippen LogP contribution in [-0.4, -0.2) is 19.0 Å². The van der Waals surface area contributed by atoms with Gasteiger partial charge in [0.15, 0.2) is 0 Å². The van der Waals surface area contributed by atoms with E-state index in [9.17, 15) is 9.18 Å². The molecule has 116 valence electrons. The van der Waals surface area contributed by atoms with Gasteiger partial charge < -0.3 is 10.6 Å². The van der Waals surface area contributed by atoms with Crippen molar-refractivity contribution in [2.24, 2.45) is 0 Å². The second-order valence-corrected chi connectivity index (χ2v) is 5.42. The first-order valence-electron chi connectivity index (χ1n) is 7.37. The number of nitrogens with one attached hydrogen (secondary N) is 2. The summed E-state index contributed by atoms with van der Waals surface area (Å²) in [6, 6.07) is 12.4. The minimum Gasteiger partial charge on any atom is -0.325 e. The highest BCUT2D eigenvalue weighted by Crippen LogP contribution is 2.15. The summed E-state index contributed by atoms with van der Waals surface area (Å²) < 4.78 is 12.8. The van der Waals surface area contributed by atoms with Crippen LogP contribution < -0.4 is 10.6 Å². The van der Waals surface area contributed by atoms with E-state index in [1.807, 2.05) is 32.0 Å². The number of rotatable bonds is 6. The first-order valence-corrected chi connectivity index (χ1v) is 7.37. The molecule has 22 heavy (non-hydrogen) atoms. The van der Waals surface area contributed by atoms with Gasteiger partial charge in [0.25, 0.3) is 0 Å². The molecule has 4 heteroatoms. The standard InChI is InChI=1S/C18H21FN2O/c1-13-3-4-14(2)17(11-13)21-18(22)12-20-10-9-15-5-7-16(19)8-6-15/h3-8,11,20H,9-10,12H2,1-2H3,(H,21,22). The molecule has 0 spiro atoms. The Morgan fingerprint density at radius 3 is 2.55 bits per heavy atom. The maximum Gasteiger partial charge on any atom is 0.238 e. The van der Waals surface area contributed by atoms with Crippen LogP contribution in [0.2, 0.25) is 0 Å². The zero-order chi connectivity index (χ0) is 15.9. The van der Waals surface area contributed by atoms with Crippen molar-refractivity contribution < 1.29 is 9.18 Å². The van der Waals surface area contributed by atoms with Crippen LogP contribution in [0.1, 0.15) is 16.7 Å². The minimum absolute atomic E-state index is 0.0622. The molecule has 0 radical (unpaired) electrons. The van der Waals surface area contributed by atoms with Gasteiger partial charge in [0.2, 0.25) is 5.91 Å². The molecule has 0 aromatic heterocycles. The molecule has 1 amide bonds. The third-order valence-electron chi connectivity index (χ3n) is 3.46. The Bertz CT molecular complexity index is 638. The highest BCUT2D eigenvalue weighted by molar-refractivity contribution is 5.93. The lowest BCUT2D eigenvalue weighted by molar-refractivity contribution is -0.115. The Balaban J connectivity index is 1.74. The number of hydrogen-bond acceptors (Lipinski definition) is 2. The van der Waals surface area contributed by atoms with Crippen molar-refractivity contribution in [3.63, 3.8) is 0 Å². The van der Waals surface area contributed by atoms with Gasteiger partial charge in [-0.1, -0.05) is 24.3 Å². The second-order valence-electron chi connectivity index (χ2n) is 5.42. The minimum atomic E-state index is -0.232. The Hall–Kier alpha value is -2.20. The lowest BCUT2D eigenvalue weighted by atomic mass is 10.1. The van der Waals surface area contributed by atoms with Crippen LogP contribution in [0.25, 0.3) is 0 Å². The zero-order valence-electron chi connectivity index (χ0n) is 12.9. The molecular formula is C18H21FN2O. The largest absolute Gasteiger partial charge is 0.325 e. The molecule has 0 aliphatic heterocycles.